The average Bonchev–Trinajstić information content (AvgIpc) is 1.62. The molecule has 694 valence electrons. The van der Waals surface area contributed by atoms with Gasteiger partial charge in [0, 0.05) is 108 Å². The van der Waals surface area contributed by atoms with Gasteiger partial charge in [-0.15, -0.1) is 70.6 Å². The summed E-state index contributed by atoms with van der Waals surface area (Å²) in [5.74, 6) is 19.9. The van der Waals surface area contributed by atoms with Crippen molar-refractivity contribution in [1.82, 2.24) is 83.7 Å². The molecular weight excluding hydrogens is 1880 g/mol. The van der Waals surface area contributed by atoms with E-state index in [1.54, 1.807) is 49.6 Å². The number of halogens is 12. The predicted molar refractivity (Wildman–Crippen MR) is 476 cm³/mol. The van der Waals surface area contributed by atoms with E-state index in [0.29, 0.717) is 110 Å². The zero-order chi connectivity index (χ0) is 93.4. The normalized spacial score (nSPS) is 16.5. The Labute approximate surface area is 740 Å². The molecule has 51 heteroatoms. The number of alkyl halides is 12. The number of pyridine rings is 3. The van der Waals surface area contributed by atoms with Crippen LogP contribution in [-0.4, -0.2) is 249 Å². The molecule has 0 atom stereocenters. The van der Waals surface area contributed by atoms with Crippen molar-refractivity contribution in [3.63, 3.8) is 0 Å². The maximum atomic E-state index is 13.0. The third-order valence-corrected chi connectivity index (χ3v) is 35.7. The Hall–Kier alpha value is -9.58. The smallest absolute Gasteiger partial charge is 0.380 e. The fourth-order valence-corrected chi connectivity index (χ4v) is 24.2. The first-order chi connectivity index (χ1) is 60.7. The minimum atomic E-state index is -4.69. The van der Waals surface area contributed by atoms with Crippen LogP contribution >= 0.6 is 11.8 Å². The topological polar surface area (TPSA) is 376 Å². The van der Waals surface area contributed by atoms with Gasteiger partial charge in [0.1, 0.15) is 45.3 Å². The SMILES string of the molecule is C=S1(=Nc2ccc(-c3nc4cc(C(F)(F)F)nnc4n3C)c(S(=O)(=O)CC)c2)CCOCC1.C=S1(=Nc2ccc(-c3nc4cc(C(F)(F)F)nnc4n3C)c(SCC)c2)CCOCC1.C=S1(=Nc2cnc(-c3nc4cc(C(F)(F)F)nnc4n3C)c(S(=O)(=O)CC)c2)CCOCC1.CCS(=O)(=O)c1cc(N=S2CCOCC2)cnc1-c1nc2cc(C(F)(F)F)ncc2n1C. The summed E-state index contributed by atoms with van der Waals surface area (Å²) >= 11 is 1.63. The molecule has 0 unspecified atom stereocenters. The van der Waals surface area contributed by atoms with E-state index in [0.717, 1.165) is 75.4 Å². The second-order valence-corrected chi connectivity index (χ2v) is 48.3. The highest BCUT2D eigenvalue weighted by atomic mass is 32.2. The fraction of sp³-hybridized carbons (Fsp3) is 0.410. The molecule has 16 rings (SSSR count). The molecule has 0 saturated carbocycles. The molecule has 0 spiro atoms. The Morgan fingerprint density at radius 2 is 0.752 bits per heavy atom. The first-order valence-corrected chi connectivity index (χ1v) is 53.0. The fourth-order valence-electron chi connectivity index (χ4n) is 13.4. The Bertz CT molecular complexity index is 6890. The highest BCUT2D eigenvalue weighted by Gasteiger charge is 2.39. The average molecular weight is 1960 g/mol. The molecule has 2 aromatic carbocycles. The quantitative estimate of drug-likeness (QED) is 0.0492. The van der Waals surface area contributed by atoms with Crippen molar-refractivity contribution in [2.45, 2.75) is 72.0 Å². The molecule has 0 aliphatic carbocycles. The van der Waals surface area contributed by atoms with E-state index in [1.807, 2.05) is 25.1 Å². The van der Waals surface area contributed by atoms with Crippen LogP contribution < -0.4 is 0 Å². The van der Waals surface area contributed by atoms with E-state index in [-0.39, 0.29) is 110 Å². The van der Waals surface area contributed by atoms with Gasteiger partial charge in [0.2, 0.25) is 0 Å². The summed E-state index contributed by atoms with van der Waals surface area (Å²) in [5.41, 5.74) is -0.318. The van der Waals surface area contributed by atoms with Crippen molar-refractivity contribution in [3.8, 4) is 45.8 Å². The lowest BCUT2D eigenvalue weighted by atomic mass is 10.2. The Morgan fingerprint density at radius 3 is 1.19 bits per heavy atom. The maximum absolute atomic E-state index is 13.0. The van der Waals surface area contributed by atoms with E-state index in [1.165, 1.54) is 72.1 Å². The molecular formula is C78H85F12N21O10S8. The van der Waals surface area contributed by atoms with Crippen molar-refractivity contribution >= 4 is 165 Å². The van der Waals surface area contributed by atoms with Crippen LogP contribution in [0.1, 0.15) is 50.5 Å². The largest absolute Gasteiger partial charge is 0.435 e. The van der Waals surface area contributed by atoms with Gasteiger partial charge in [-0.25, -0.2) is 77.6 Å². The van der Waals surface area contributed by atoms with Crippen molar-refractivity contribution < 1.29 is 96.9 Å². The second-order valence-electron chi connectivity index (χ2n) is 29.3. The van der Waals surface area contributed by atoms with Crippen LogP contribution in [0.5, 0.6) is 0 Å². The van der Waals surface area contributed by atoms with Crippen molar-refractivity contribution in [2.75, 3.05) is 122 Å². The monoisotopic (exact) mass is 1960 g/mol. The van der Waals surface area contributed by atoms with Gasteiger partial charge in [-0.05, 0) is 60.4 Å². The zero-order valence-electron chi connectivity index (χ0n) is 70.2. The van der Waals surface area contributed by atoms with Crippen molar-refractivity contribution in [1.29, 1.82) is 0 Å². The number of thioether (sulfide) groups is 1. The molecule has 4 saturated heterocycles. The number of sulfone groups is 3. The van der Waals surface area contributed by atoms with Gasteiger partial charge >= 0.3 is 24.7 Å². The maximum Gasteiger partial charge on any atom is 0.435 e. The summed E-state index contributed by atoms with van der Waals surface area (Å²) in [7, 11) is -9.68. The van der Waals surface area contributed by atoms with Gasteiger partial charge in [-0.1, -0.05) is 56.0 Å². The number of aryl methyl sites for hydroxylation is 4. The molecule has 4 fully saturated rings. The summed E-state index contributed by atoms with van der Waals surface area (Å²) < 4.78 is 280. The van der Waals surface area contributed by atoms with Gasteiger partial charge in [-0.3, -0.25) is 0 Å². The molecule has 4 aliphatic rings. The third kappa shape index (κ3) is 22.1. The van der Waals surface area contributed by atoms with Crippen LogP contribution in [0.4, 0.5) is 75.4 Å². The standard InChI is InChI=1S/C20H22F3N5O3S2.C20H22F3N5OS2.C19H21F3N6O3S2.C19H20F3N5O3S2/c1-4-33(29,30)16-11-13(27-32(3)9-7-31-8-10-32)5-6-14(16)18-24-15-12-17(20(21,22)23)25-26-19(15)28(18)2;1-4-30-16-11-13(27-31(3)9-7-29-8-10-31)5-6-14(16)18-24-15-12-17(20(21,22)23)25-26-19(15)28(18)2;1-4-33(29,30)14-9-12(27-32(3)7-5-31-6-8-32)11-23-16(14)18-24-13-10-15(19(20,21)22)25-26-17(13)28(18)2;1-3-32(28,29)15-8-12(26-31-6-4-30-5-7-31)10-24-17(15)18-25-13-9-16(19(20,21)22)23-11-14(13)27(18)2/h5-6,11-12H,3-4,7-10H2,1-2H3;5-6,11-12H,3-4,7-10H2,1-2H3;9-11H,3-8H2,1-2H3;8-11H,3-7H2,1-2H3. The number of rotatable bonds is 16. The summed E-state index contributed by atoms with van der Waals surface area (Å²) in [6, 6.07) is 16.8. The van der Waals surface area contributed by atoms with Gasteiger partial charge in [-0.2, -0.15) is 52.7 Å². The molecule has 14 heterocycles. The van der Waals surface area contributed by atoms with E-state index in [2.05, 4.69) is 91.8 Å². The minimum absolute atomic E-state index is 0.00344. The summed E-state index contributed by atoms with van der Waals surface area (Å²) in [5, 5.41) is 20.8. The predicted octanol–water partition coefficient (Wildman–Crippen LogP) is 13.8. The lowest BCUT2D eigenvalue weighted by Crippen LogP contribution is -2.25. The van der Waals surface area contributed by atoms with Gasteiger partial charge in [0.15, 0.2) is 75.2 Å². The van der Waals surface area contributed by atoms with E-state index >= 15 is 0 Å². The summed E-state index contributed by atoms with van der Waals surface area (Å²) in [6.07, 6.45) is -14.6. The number of benzene rings is 2. The summed E-state index contributed by atoms with van der Waals surface area (Å²) in [6.45, 7) is 11.3. The van der Waals surface area contributed by atoms with Gasteiger partial charge < -0.3 is 37.2 Å². The van der Waals surface area contributed by atoms with Crippen molar-refractivity contribution in [3.05, 3.63) is 114 Å². The highest BCUT2D eigenvalue weighted by Crippen LogP contribution is 2.42. The molecule has 4 aliphatic heterocycles. The molecule has 0 bridgehead atoms. The lowest BCUT2D eigenvalue weighted by Gasteiger charge is -2.21. The first kappa shape index (κ1) is 97.0. The van der Waals surface area contributed by atoms with Crippen LogP contribution in [0.3, 0.4) is 0 Å². The molecule has 0 radical (unpaired) electrons. The van der Waals surface area contributed by atoms with Gasteiger partial charge in [0.05, 0.1) is 137 Å². The Kier molecular flexibility index (Phi) is 28.8. The minimum Gasteiger partial charge on any atom is -0.380 e. The van der Waals surface area contributed by atoms with Gasteiger partial charge in [0.25, 0.3) is 0 Å². The number of imidazole rings is 4. The van der Waals surface area contributed by atoms with Crippen molar-refractivity contribution in [2.24, 2.45) is 45.6 Å². The zero-order valence-corrected chi connectivity index (χ0v) is 76.7. The summed E-state index contributed by atoms with van der Waals surface area (Å²) in [4.78, 5) is 30.1. The molecule has 31 nitrogen and oxygen atoms in total. The van der Waals surface area contributed by atoms with Crippen LogP contribution in [0.25, 0.3) is 90.3 Å². The number of fused-ring (bicyclic) bond motifs is 4. The number of aromatic nitrogens is 17. The molecule has 0 N–H and O–H groups in total. The van der Waals surface area contributed by atoms with E-state index < -0.39 is 105 Å². The number of nitrogens with zero attached hydrogens (tertiary/aromatic N) is 21. The highest BCUT2D eigenvalue weighted by molar-refractivity contribution is 8.03. The molecule has 129 heavy (non-hydrogen) atoms. The van der Waals surface area contributed by atoms with Crippen LogP contribution in [0.15, 0.2) is 128 Å². The van der Waals surface area contributed by atoms with Crippen LogP contribution in [-0.2, 0) is 140 Å². The van der Waals surface area contributed by atoms with E-state index in [9.17, 15) is 77.9 Å². The Morgan fingerprint density at radius 1 is 0.403 bits per heavy atom. The number of hydrogen-bond acceptors (Lipinski definition) is 28. The first-order valence-electron chi connectivity index (χ1n) is 39.2. The third-order valence-electron chi connectivity index (χ3n) is 20.4. The molecule has 10 aromatic heterocycles. The van der Waals surface area contributed by atoms with E-state index in [4.69, 9.17) is 27.7 Å². The number of ether oxygens (including phenoxy) is 4. The molecule has 0 amide bonds. The number of hydrogen-bond donors (Lipinski definition) is 0. The Balaban J connectivity index is 0.000000147. The van der Waals surface area contributed by atoms with Crippen LogP contribution in [0, 0.1) is 0 Å². The van der Waals surface area contributed by atoms with Crippen LogP contribution in [0.2, 0.25) is 0 Å². The second kappa shape index (κ2) is 38.3. The lowest BCUT2D eigenvalue weighted by molar-refractivity contribution is -0.142. The molecule has 12 aromatic rings.